The minimum atomic E-state index is -0.835. The summed E-state index contributed by atoms with van der Waals surface area (Å²) in [4.78, 5) is 10.9. The first-order chi connectivity index (χ1) is 8.66. The SMILES string of the molecule is C[C@H](Nc1ccc2c3c(cccc13)CC2)C(=O)O. The molecule has 0 spiro atoms. The number of nitrogens with one attached hydrogen (secondary N) is 1. The lowest BCUT2D eigenvalue weighted by molar-refractivity contribution is -0.137. The third kappa shape index (κ3) is 1.63. The summed E-state index contributed by atoms with van der Waals surface area (Å²) in [6, 6.07) is 9.78. The Morgan fingerprint density at radius 3 is 2.67 bits per heavy atom. The first kappa shape index (κ1) is 11.1. The summed E-state index contributed by atoms with van der Waals surface area (Å²) in [5, 5.41) is 14.5. The lowest BCUT2D eigenvalue weighted by atomic mass is 10.0. The van der Waals surface area contributed by atoms with Crippen molar-refractivity contribution < 1.29 is 9.90 Å². The van der Waals surface area contributed by atoms with Crippen molar-refractivity contribution in [1.82, 2.24) is 0 Å². The first-order valence-corrected chi connectivity index (χ1v) is 6.19. The Morgan fingerprint density at radius 2 is 1.94 bits per heavy atom. The zero-order valence-corrected chi connectivity index (χ0v) is 10.2. The maximum atomic E-state index is 10.9. The van der Waals surface area contributed by atoms with E-state index in [2.05, 4.69) is 23.5 Å². The second kappa shape index (κ2) is 4.02. The maximum absolute atomic E-state index is 10.9. The summed E-state index contributed by atoms with van der Waals surface area (Å²) in [6.07, 6.45) is 2.18. The molecule has 3 rings (SSSR count). The number of aliphatic carboxylic acids is 1. The number of aryl methyl sites for hydroxylation is 2. The van der Waals surface area contributed by atoms with Crippen molar-refractivity contribution >= 4 is 22.4 Å². The molecule has 3 nitrogen and oxygen atoms in total. The van der Waals surface area contributed by atoms with E-state index in [1.165, 1.54) is 16.5 Å². The molecule has 1 aliphatic carbocycles. The molecule has 0 bridgehead atoms. The smallest absolute Gasteiger partial charge is 0.325 e. The van der Waals surface area contributed by atoms with Gasteiger partial charge in [0.1, 0.15) is 6.04 Å². The predicted octanol–water partition coefficient (Wildman–Crippen LogP) is 2.82. The van der Waals surface area contributed by atoms with E-state index in [0.29, 0.717) is 0 Å². The van der Waals surface area contributed by atoms with Crippen molar-refractivity contribution in [1.29, 1.82) is 0 Å². The van der Waals surface area contributed by atoms with Crippen molar-refractivity contribution in [3.63, 3.8) is 0 Å². The van der Waals surface area contributed by atoms with Crippen LogP contribution in [0.15, 0.2) is 30.3 Å². The van der Waals surface area contributed by atoms with Gasteiger partial charge in [-0.1, -0.05) is 24.3 Å². The van der Waals surface area contributed by atoms with Crippen LogP contribution in [-0.4, -0.2) is 17.1 Å². The Hall–Kier alpha value is -2.03. The van der Waals surface area contributed by atoms with E-state index in [9.17, 15) is 4.79 Å². The van der Waals surface area contributed by atoms with E-state index in [1.807, 2.05) is 12.1 Å². The van der Waals surface area contributed by atoms with E-state index >= 15 is 0 Å². The molecule has 2 aromatic rings. The zero-order valence-electron chi connectivity index (χ0n) is 10.2. The molecule has 92 valence electrons. The molecule has 0 amide bonds. The van der Waals surface area contributed by atoms with Crippen LogP contribution in [0.1, 0.15) is 18.1 Å². The molecule has 1 atom stereocenters. The second-order valence-corrected chi connectivity index (χ2v) is 4.82. The molecule has 0 fully saturated rings. The third-order valence-electron chi connectivity index (χ3n) is 3.62. The summed E-state index contributed by atoms with van der Waals surface area (Å²) in [6.45, 7) is 1.66. The standard InChI is InChI=1S/C15H15NO2/c1-9(15(17)18)16-13-8-7-11-6-5-10-3-2-4-12(13)14(10)11/h2-4,7-9,16H,5-6H2,1H3,(H,17,18)/t9-/m0/s1. The minimum absolute atomic E-state index is 0.580. The fourth-order valence-electron chi connectivity index (χ4n) is 2.67. The second-order valence-electron chi connectivity index (χ2n) is 4.82. The molecule has 0 heterocycles. The average Bonchev–Trinajstić information content (AvgIpc) is 2.77. The van der Waals surface area contributed by atoms with Gasteiger partial charge in [0.25, 0.3) is 0 Å². The van der Waals surface area contributed by atoms with Crippen molar-refractivity contribution in [2.75, 3.05) is 5.32 Å². The zero-order chi connectivity index (χ0) is 12.7. The number of benzene rings is 2. The summed E-state index contributed by atoms with van der Waals surface area (Å²) < 4.78 is 0. The van der Waals surface area contributed by atoms with Gasteiger partial charge in [0.2, 0.25) is 0 Å². The van der Waals surface area contributed by atoms with E-state index in [4.69, 9.17) is 5.11 Å². The molecule has 0 aliphatic heterocycles. The Balaban J connectivity index is 2.12. The molecule has 2 aromatic carbocycles. The molecule has 2 N–H and O–H groups in total. The molecular formula is C15H15NO2. The summed E-state index contributed by atoms with van der Waals surface area (Å²) in [5.74, 6) is -0.835. The fraction of sp³-hybridized carbons (Fsp3) is 0.267. The highest BCUT2D eigenvalue weighted by atomic mass is 16.4. The van der Waals surface area contributed by atoms with Gasteiger partial charge >= 0.3 is 5.97 Å². The van der Waals surface area contributed by atoms with Gasteiger partial charge in [0.15, 0.2) is 0 Å². The van der Waals surface area contributed by atoms with Crippen LogP contribution in [0.4, 0.5) is 5.69 Å². The Bertz CT molecular complexity index is 623. The van der Waals surface area contributed by atoms with Gasteiger partial charge in [-0.15, -0.1) is 0 Å². The summed E-state index contributed by atoms with van der Waals surface area (Å²) >= 11 is 0. The van der Waals surface area contributed by atoms with Gasteiger partial charge in [0.05, 0.1) is 0 Å². The van der Waals surface area contributed by atoms with Gasteiger partial charge in [-0.25, -0.2) is 0 Å². The topological polar surface area (TPSA) is 49.3 Å². The molecule has 0 radical (unpaired) electrons. The van der Waals surface area contributed by atoms with E-state index in [1.54, 1.807) is 6.92 Å². The normalized spacial score (nSPS) is 14.7. The molecule has 18 heavy (non-hydrogen) atoms. The van der Waals surface area contributed by atoms with E-state index in [0.717, 1.165) is 23.9 Å². The number of hydrogen-bond acceptors (Lipinski definition) is 2. The molecule has 0 aromatic heterocycles. The lowest BCUT2D eigenvalue weighted by Crippen LogP contribution is -2.25. The van der Waals surface area contributed by atoms with Crippen LogP contribution >= 0.6 is 0 Å². The number of rotatable bonds is 3. The monoisotopic (exact) mass is 241 g/mol. The number of carboxylic acid groups (broad SMARTS) is 1. The van der Waals surface area contributed by atoms with Crippen molar-refractivity contribution in [2.24, 2.45) is 0 Å². The van der Waals surface area contributed by atoms with Gasteiger partial charge in [-0.2, -0.15) is 0 Å². The average molecular weight is 241 g/mol. The lowest BCUT2D eigenvalue weighted by Gasteiger charge is -2.14. The first-order valence-electron chi connectivity index (χ1n) is 6.19. The number of carbonyl (C=O) groups is 1. The van der Waals surface area contributed by atoms with Crippen LogP contribution < -0.4 is 5.32 Å². The highest BCUT2D eigenvalue weighted by Gasteiger charge is 2.17. The Kier molecular flexibility index (Phi) is 2.47. The van der Waals surface area contributed by atoms with Crippen molar-refractivity contribution in [2.45, 2.75) is 25.8 Å². The van der Waals surface area contributed by atoms with Gasteiger partial charge in [-0.05, 0) is 42.3 Å². The number of carboxylic acids is 1. The van der Waals surface area contributed by atoms with Crippen LogP contribution in [0.25, 0.3) is 10.8 Å². The quantitative estimate of drug-likeness (QED) is 0.868. The molecule has 0 saturated carbocycles. The van der Waals surface area contributed by atoms with Gasteiger partial charge in [0, 0.05) is 11.1 Å². The van der Waals surface area contributed by atoms with Crippen molar-refractivity contribution in [3.05, 3.63) is 41.5 Å². The summed E-state index contributed by atoms with van der Waals surface area (Å²) in [7, 11) is 0. The van der Waals surface area contributed by atoms with Crippen LogP contribution in [0.2, 0.25) is 0 Å². The Labute approximate surface area is 105 Å². The predicted molar refractivity (Wildman–Crippen MR) is 72.1 cm³/mol. The highest BCUT2D eigenvalue weighted by Crippen LogP contribution is 2.35. The van der Waals surface area contributed by atoms with Gasteiger partial charge < -0.3 is 10.4 Å². The minimum Gasteiger partial charge on any atom is -0.480 e. The van der Waals surface area contributed by atoms with Crippen LogP contribution in [0.5, 0.6) is 0 Å². The fourth-order valence-corrected chi connectivity index (χ4v) is 2.67. The van der Waals surface area contributed by atoms with E-state index < -0.39 is 12.0 Å². The van der Waals surface area contributed by atoms with E-state index in [-0.39, 0.29) is 0 Å². The molecule has 1 aliphatic rings. The van der Waals surface area contributed by atoms with Crippen molar-refractivity contribution in [3.8, 4) is 0 Å². The Morgan fingerprint density at radius 1 is 1.22 bits per heavy atom. The van der Waals surface area contributed by atoms with Crippen LogP contribution in [-0.2, 0) is 17.6 Å². The molecule has 3 heteroatoms. The number of anilines is 1. The molecular weight excluding hydrogens is 226 g/mol. The third-order valence-corrected chi connectivity index (χ3v) is 3.62. The molecule has 0 saturated heterocycles. The van der Waals surface area contributed by atoms with Crippen LogP contribution in [0.3, 0.4) is 0 Å². The largest absolute Gasteiger partial charge is 0.480 e. The van der Waals surface area contributed by atoms with Crippen LogP contribution in [0, 0.1) is 0 Å². The van der Waals surface area contributed by atoms with Gasteiger partial charge in [-0.3, -0.25) is 4.79 Å². The maximum Gasteiger partial charge on any atom is 0.325 e. The highest BCUT2D eigenvalue weighted by molar-refractivity contribution is 6.00. The molecule has 0 unspecified atom stereocenters. The summed E-state index contributed by atoms with van der Waals surface area (Å²) in [5.41, 5.74) is 3.65. The number of hydrogen-bond donors (Lipinski definition) is 2.